The first-order chi connectivity index (χ1) is 12.6. The van der Waals surface area contributed by atoms with Crippen LogP contribution < -0.4 is 0 Å². The number of hydrogen-bond donors (Lipinski definition) is 0. The second-order valence-corrected chi connectivity index (χ2v) is 14.0. The van der Waals surface area contributed by atoms with Gasteiger partial charge in [0.1, 0.15) is 12.7 Å². The number of carbonyl (C=O) groups excluding carboxylic acids is 2. The van der Waals surface area contributed by atoms with E-state index < -0.39 is 20.5 Å². The van der Waals surface area contributed by atoms with Gasteiger partial charge in [0.2, 0.25) is 0 Å². The predicted octanol–water partition coefficient (Wildman–Crippen LogP) is 4.38. The number of imide groups is 1. The summed E-state index contributed by atoms with van der Waals surface area (Å²) in [5.74, 6) is 0.00292. The molecule has 1 aromatic carbocycles. The first-order valence-corrected chi connectivity index (χ1v) is 12.7. The number of amides is 2. The molecule has 0 aromatic heterocycles. The quantitative estimate of drug-likeness (QED) is 0.678. The molecule has 1 saturated carbocycles. The van der Waals surface area contributed by atoms with Crippen molar-refractivity contribution in [2.75, 3.05) is 6.61 Å². The van der Waals surface area contributed by atoms with Gasteiger partial charge in [0.25, 0.3) is 5.91 Å². The summed E-state index contributed by atoms with van der Waals surface area (Å²) in [6, 6.07) is 9.64. The highest BCUT2D eigenvalue weighted by Crippen LogP contribution is 2.43. The molecule has 0 spiro atoms. The van der Waals surface area contributed by atoms with Gasteiger partial charge in [-0.05, 0) is 48.9 Å². The van der Waals surface area contributed by atoms with E-state index in [1.807, 2.05) is 30.3 Å². The van der Waals surface area contributed by atoms with Crippen LogP contribution in [0.4, 0.5) is 4.79 Å². The second-order valence-electron chi connectivity index (χ2n) is 9.26. The summed E-state index contributed by atoms with van der Waals surface area (Å²) < 4.78 is 11.7. The number of benzene rings is 1. The van der Waals surface area contributed by atoms with Gasteiger partial charge in [-0.2, -0.15) is 0 Å². The number of cyclic esters (lactones) is 1. The molecule has 2 amide bonds. The van der Waals surface area contributed by atoms with Crippen LogP contribution in [0.2, 0.25) is 18.1 Å². The molecule has 3 rings (SSSR count). The van der Waals surface area contributed by atoms with E-state index in [0.717, 1.165) is 18.4 Å². The minimum Gasteiger partial charge on any atom is -0.447 e. The Hall–Kier alpha value is -1.66. The van der Waals surface area contributed by atoms with E-state index in [9.17, 15) is 9.59 Å². The van der Waals surface area contributed by atoms with E-state index in [4.69, 9.17) is 9.16 Å². The van der Waals surface area contributed by atoms with E-state index in [1.54, 1.807) is 0 Å². The topological polar surface area (TPSA) is 55.8 Å². The molecule has 0 unspecified atom stereocenters. The van der Waals surface area contributed by atoms with Crippen molar-refractivity contribution in [3.63, 3.8) is 0 Å². The fourth-order valence-corrected chi connectivity index (χ4v) is 4.43. The summed E-state index contributed by atoms with van der Waals surface area (Å²) in [7, 11) is -2.12. The Balaban J connectivity index is 1.78. The zero-order valence-corrected chi connectivity index (χ0v) is 18.0. The lowest BCUT2D eigenvalue weighted by molar-refractivity contribution is -0.138. The molecule has 2 aliphatic rings. The highest BCUT2D eigenvalue weighted by Gasteiger charge is 2.50. The van der Waals surface area contributed by atoms with Crippen LogP contribution in [0.5, 0.6) is 0 Å². The largest absolute Gasteiger partial charge is 0.447 e. The molecule has 27 heavy (non-hydrogen) atoms. The molecule has 2 fully saturated rings. The minimum atomic E-state index is -2.12. The molecule has 1 heterocycles. The van der Waals surface area contributed by atoms with Gasteiger partial charge in [-0.1, -0.05) is 51.1 Å². The SMILES string of the molecule is CC(C)(C)[Si](C)(C)O[C@H](C(=O)N1C(=O)OC[C@@H]1Cc1ccccc1)C1CC1. The summed E-state index contributed by atoms with van der Waals surface area (Å²) in [5.41, 5.74) is 1.09. The van der Waals surface area contributed by atoms with Crippen molar-refractivity contribution >= 4 is 20.3 Å². The van der Waals surface area contributed by atoms with E-state index in [1.165, 1.54) is 4.90 Å². The van der Waals surface area contributed by atoms with Gasteiger partial charge in [-0.3, -0.25) is 4.79 Å². The Bertz CT molecular complexity index is 694. The van der Waals surface area contributed by atoms with Gasteiger partial charge in [-0.15, -0.1) is 0 Å². The van der Waals surface area contributed by atoms with E-state index in [0.29, 0.717) is 6.42 Å². The molecule has 1 saturated heterocycles. The lowest BCUT2D eigenvalue weighted by atomic mass is 10.1. The summed E-state index contributed by atoms with van der Waals surface area (Å²) in [6.45, 7) is 11.0. The van der Waals surface area contributed by atoms with Crippen LogP contribution in [-0.2, 0) is 20.4 Å². The smallest absolute Gasteiger partial charge is 0.417 e. The van der Waals surface area contributed by atoms with Gasteiger partial charge in [0.05, 0.1) is 6.04 Å². The fraction of sp³-hybridized carbons (Fsp3) is 0.619. The molecule has 2 atom stereocenters. The second kappa shape index (κ2) is 7.39. The lowest BCUT2D eigenvalue weighted by Gasteiger charge is -2.39. The van der Waals surface area contributed by atoms with E-state index in [2.05, 4.69) is 33.9 Å². The maximum absolute atomic E-state index is 13.4. The minimum absolute atomic E-state index is 0.00930. The molecule has 5 nitrogen and oxygen atoms in total. The van der Waals surface area contributed by atoms with E-state index >= 15 is 0 Å². The first kappa shape index (κ1) is 20.1. The van der Waals surface area contributed by atoms with Crippen molar-refractivity contribution in [2.24, 2.45) is 5.92 Å². The summed E-state index contributed by atoms with van der Waals surface area (Å²) in [4.78, 5) is 27.1. The molecule has 1 aliphatic heterocycles. The molecule has 0 bridgehead atoms. The standard InChI is InChI=1S/C21H31NO4Si/c1-21(2,3)27(4,5)26-18(16-11-12-16)19(23)22-17(14-25-20(22)24)13-15-9-7-6-8-10-15/h6-10,16-18H,11-14H2,1-5H3/t17-,18-/m0/s1. The van der Waals surface area contributed by atoms with Gasteiger partial charge >= 0.3 is 6.09 Å². The van der Waals surface area contributed by atoms with Crippen molar-refractivity contribution in [1.29, 1.82) is 0 Å². The van der Waals surface area contributed by atoms with Crippen molar-refractivity contribution in [1.82, 2.24) is 4.90 Å². The van der Waals surface area contributed by atoms with Crippen LogP contribution in [-0.4, -0.2) is 44.0 Å². The Labute approximate surface area is 163 Å². The van der Waals surface area contributed by atoms with Crippen LogP contribution >= 0.6 is 0 Å². The average molecular weight is 390 g/mol. The Morgan fingerprint density at radius 1 is 1.26 bits per heavy atom. The van der Waals surface area contributed by atoms with Crippen LogP contribution in [0, 0.1) is 5.92 Å². The van der Waals surface area contributed by atoms with Crippen molar-refractivity contribution in [3.05, 3.63) is 35.9 Å². The average Bonchev–Trinajstić information content (AvgIpc) is 3.36. The molecular formula is C21H31NO4Si. The summed E-state index contributed by atoms with van der Waals surface area (Å²) >= 11 is 0. The van der Waals surface area contributed by atoms with E-state index in [-0.39, 0.29) is 29.5 Å². The van der Waals surface area contributed by atoms with Crippen LogP contribution in [0.25, 0.3) is 0 Å². The zero-order valence-electron chi connectivity index (χ0n) is 17.0. The van der Waals surface area contributed by atoms with Crippen molar-refractivity contribution in [3.8, 4) is 0 Å². The third kappa shape index (κ3) is 4.43. The monoisotopic (exact) mass is 389 g/mol. The van der Waals surface area contributed by atoms with Crippen molar-refractivity contribution in [2.45, 2.75) is 70.3 Å². The molecule has 0 N–H and O–H groups in total. The zero-order chi connectivity index (χ0) is 19.8. The van der Waals surface area contributed by atoms with Gasteiger partial charge in [0, 0.05) is 0 Å². The number of rotatable bonds is 6. The number of nitrogens with zero attached hydrogens (tertiary/aromatic N) is 1. The fourth-order valence-electron chi connectivity index (χ4n) is 3.15. The van der Waals surface area contributed by atoms with Crippen molar-refractivity contribution < 1.29 is 18.8 Å². The number of hydrogen-bond acceptors (Lipinski definition) is 4. The molecule has 1 aromatic rings. The highest BCUT2D eigenvalue weighted by atomic mass is 28.4. The molecule has 148 valence electrons. The molecule has 1 aliphatic carbocycles. The highest BCUT2D eigenvalue weighted by molar-refractivity contribution is 6.74. The normalized spacial score (nSPS) is 21.9. The first-order valence-electron chi connectivity index (χ1n) is 9.82. The Morgan fingerprint density at radius 2 is 1.89 bits per heavy atom. The summed E-state index contributed by atoms with van der Waals surface area (Å²) in [5, 5.41) is 0.00930. The molecule has 6 heteroatoms. The maximum Gasteiger partial charge on any atom is 0.417 e. The van der Waals surface area contributed by atoms with Gasteiger partial charge < -0.3 is 9.16 Å². The third-order valence-electron chi connectivity index (χ3n) is 6.03. The predicted molar refractivity (Wildman–Crippen MR) is 107 cm³/mol. The number of carbonyl (C=O) groups is 2. The Morgan fingerprint density at radius 3 is 2.44 bits per heavy atom. The van der Waals surface area contributed by atoms with Crippen LogP contribution in [0.3, 0.4) is 0 Å². The summed E-state index contributed by atoms with van der Waals surface area (Å²) in [6.07, 6.45) is 1.50. The lowest BCUT2D eigenvalue weighted by Crippen LogP contribution is -2.52. The third-order valence-corrected chi connectivity index (χ3v) is 10.5. The van der Waals surface area contributed by atoms with Gasteiger partial charge in [-0.25, -0.2) is 9.69 Å². The molecular weight excluding hydrogens is 358 g/mol. The number of ether oxygens (including phenoxy) is 1. The molecule has 0 radical (unpaired) electrons. The van der Waals surface area contributed by atoms with Crippen LogP contribution in [0.1, 0.15) is 39.2 Å². The maximum atomic E-state index is 13.4. The van der Waals surface area contributed by atoms with Gasteiger partial charge in [0.15, 0.2) is 8.32 Å². The van der Waals surface area contributed by atoms with Crippen LogP contribution in [0.15, 0.2) is 30.3 Å². The Kier molecular flexibility index (Phi) is 5.50.